The van der Waals surface area contributed by atoms with Gasteiger partial charge in [0, 0.05) is 12.6 Å². The number of nitrogens with zero attached hydrogens (tertiary/aromatic N) is 1. The van der Waals surface area contributed by atoms with E-state index in [0.717, 1.165) is 38.2 Å². The maximum Gasteiger partial charge on any atom is 0.237 e. The van der Waals surface area contributed by atoms with Crippen molar-refractivity contribution in [2.24, 2.45) is 0 Å². The van der Waals surface area contributed by atoms with Crippen LogP contribution in [0.15, 0.2) is 22.8 Å². The summed E-state index contributed by atoms with van der Waals surface area (Å²) < 4.78 is 5.67. The molecule has 1 aliphatic heterocycles. The minimum absolute atomic E-state index is 0. The number of rotatable bonds is 7. The predicted molar refractivity (Wildman–Crippen MR) is 102 cm³/mol. The highest BCUT2D eigenvalue weighted by atomic mass is 35.5. The molecule has 1 aromatic rings. The van der Waals surface area contributed by atoms with Crippen molar-refractivity contribution in [2.75, 3.05) is 19.6 Å². The van der Waals surface area contributed by atoms with Crippen LogP contribution in [-0.4, -0.2) is 42.5 Å². The van der Waals surface area contributed by atoms with Gasteiger partial charge in [0.15, 0.2) is 0 Å². The van der Waals surface area contributed by atoms with Crippen molar-refractivity contribution in [1.29, 1.82) is 0 Å². The number of hydrogen-bond donors (Lipinski definition) is 2. The Bertz CT molecular complexity index is 497. The number of furan rings is 1. The topological polar surface area (TPSA) is 57.5 Å². The Kier molecular flexibility index (Phi) is 8.27. The minimum Gasteiger partial charge on any atom is -0.468 e. The van der Waals surface area contributed by atoms with E-state index in [-0.39, 0.29) is 30.4 Å². The lowest BCUT2D eigenvalue weighted by Crippen LogP contribution is -2.48. The molecule has 5 nitrogen and oxygen atoms in total. The fourth-order valence-electron chi connectivity index (χ4n) is 3.90. The van der Waals surface area contributed by atoms with Crippen molar-refractivity contribution in [3.8, 4) is 0 Å². The average Bonchev–Trinajstić information content (AvgIpc) is 3.30. The molecule has 2 fully saturated rings. The highest BCUT2D eigenvalue weighted by Gasteiger charge is 2.26. The molecule has 142 valence electrons. The van der Waals surface area contributed by atoms with Crippen LogP contribution in [0.4, 0.5) is 0 Å². The van der Waals surface area contributed by atoms with Gasteiger partial charge in [-0.1, -0.05) is 19.3 Å². The lowest BCUT2D eigenvalue weighted by atomic mass is 10.1. The van der Waals surface area contributed by atoms with Gasteiger partial charge in [-0.2, -0.15) is 0 Å². The van der Waals surface area contributed by atoms with Crippen LogP contribution in [0.1, 0.15) is 63.7 Å². The van der Waals surface area contributed by atoms with Gasteiger partial charge in [0.05, 0.1) is 18.3 Å². The van der Waals surface area contributed by atoms with Gasteiger partial charge >= 0.3 is 0 Å². The lowest BCUT2D eigenvalue weighted by molar-refractivity contribution is -0.123. The van der Waals surface area contributed by atoms with Crippen LogP contribution in [0, 0.1) is 0 Å². The number of carbonyl (C=O) groups excluding carboxylic acids is 1. The fraction of sp³-hybridized carbons (Fsp3) is 0.737. The van der Waals surface area contributed by atoms with Gasteiger partial charge in [-0.25, -0.2) is 0 Å². The van der Waals surface area contributed by atoms with E-state index < -0.39 is 0 Å². The number of halogens is 1. The minimum atomic E-state index is -0.173. The maximum absolute atomic E-state index is 12.4. The van der Waals surface area contributed by atoms with E-state index in [1.54, 1.807) is 6.26 Å². The molecule has 0 radical (unpaired) electrons. The third-order valence-corrected chi connectivity index (χ3v) is 5.42. The van der Waals surface area contributed by atoms with Gasteiger partial charge in [0.2, 0.25) is 5.91 Å². The zero-order chi connectivity index (χ0) is 16.8. The highest BCUT2D eigenvalue weighted by molar-refractivity contribution is 5.85. The summed E-state index contributed by atoms with van der Waals surface area (Å²) in [6.45, 7) is 4.91. The van der Waals surface area contributed by atoms with Gasteiger partial charge in [0.25, 0.3) is 0 Å². The van der Waals surface area contributed by atoms with Crippen molar-refractivity contribution >= 4 is 18.3 Å². The molecule has 2 N–H and O–H groups in total. The molecule has 1 saturated heterocycles. The molecule has 2 aliphatic rings. The smallest absolute Gasteiger partial charge is 0.237 e. The van der Waals surface area contributed by atoms with Crippen molar-refractivity contribution in [2.45, 2.75) is 70.0 Å². The monoisotopic (exact) mass is 369 g/mol. The van der Waals surface area contributed by atoms with Gasteiger partial charge in [-0.3, -0.25) is 9.69 Å². The molecule has 2 atom stereocenters. The Labute approximate surface area is 157 Å². The summed E-state index contributed by atoms with van der Waals surface area (Å²) in [5, 5.41) is 6.61. The summed E-state index contributed by atoms with van der Waals surface area (Å²) in [5.41, 5.74) is 0. The quantitative estimate of drug-likeness (QED) is 0.774. The molecule has 25 heavy (non-hydrogen) atoms. The average molecular weight is 370 g/mol. The number of nitrogens with one attached hydrogen (secondary N) is 2. The van der Waals surface area contributed by atoms with Crippen molar-refractivity contribution in [1.82, 2.24) is 15.5 Å². The summed E-state index contributed by atoms with van der Waals surface area (Å²) in [5.74, 6) is 1.12. The molecule has 1 saturated carbocycles. The van der Waals surface area contributed by atoms with Crippen molar-refractivity contribution in [3.63, 3.8) is 0 Å². The van der Waals surface area contributed by atoms with E-state index in [4.69, 9.17) is 4.42 Å². The first-order valence-electron chi connectivity index (χ1n) is 9.55. The first-order chi connectivity index (χ1) is 11.7. The Morgan fingerprint density at radius 2 is 1.96 bits per heavy atom. The molecule has 1 aliphatic carbocycles. The van der Waals surface area contributed by atoms with Crippen LogP contribution in [-0.2, 0) is 4.79 Å². The molecular weight excluding hydrogens is 338 g/mol. The van der Waals surface area contributed by atoms with E-state index in [2.05, 4.69) is 15.5 Å². The van der Waals surface area contributed by atoms with E-state index in [1.165, 1.54) is 32.1 Å². The summed E-state index contributed by atoms with van der Waals surface area (Å²) in [4.78, 5) is 14.8. The molecule has 3 rings (SSSR count). The summed E-state index contributed by atoms with van der Waals surface area (Å²) in [6.07, 6.45) is 10.3. The van der Waals surface area contributed by atoms with E-state index in [9.17, 15) is 4.79 Å². The standard InChI is InChI=1S/C19H31N3O2.ClH/c1-15(19(23)21-16-8-3-4-9-16)20-14-17(18-10-7-13-24-18)22-11-5-2-6-12-22;/h7,10,13,15-17,20H,2-6,8-9,11-12,14H2,1H3,(H,21,23);1H. The molecule has 0 aromatic carbocycles. The zero-order valence-corrected chi connectivity index (χ0v) is 16.0. The second-order valence-electron chi connectivity index (χ2n) is 7.25. The van der Waals surface area contributed by atoms with Crippen LogP contribution in [0.3, 0.4) is 0 Å². The van der Waals surface area contributed by atoms with Crippen molar-refractivity contribution in [3.05, 3.63) is 24.2 Å². The largest absolute Gasteiger partial charge is 0.468 e. The number of hydrogen-bond acceptors (Lipinski definition) is 4. The Balaban J connectivity index is 0.00000225. The molecule has 0 spiro atoms. The van der Waals surface area contributed by atoms with Crippen LogP contribution in [0.2, 0.25) is 0 Å². The Hall–Kier alpha value is -1.04. The summed E-state index contributed by atoms with van der Waals surface area (Å²) >= 11 is 0. The SMILES string of the molecule is CC(NCC(c1ccco1)N1CCCCC1)C(=O)NC1CCCC1.Cl. The second kappa shape index (κ2) is 10.2. The molecular formula is C19H32ClN3O2. The Morgan fingerprint density at radius 3 is 2.60 bits per heavy atom. The van der Waals surface area contributed by atoms with Crippen LogP contribution in [0.25, 0.3) is 0 Å². The predicted octanol–water partition coefficient (Wildman–Crippen LogP) is 3.27. The highest BCUT2D eigenvalue weighted by Crippen LogP contribution is 2.24. The third kappa shape index (κ3) is 5.73. The summed E-state index contributed by atoms with van der Waals surface area (Å²) in [7, 11) is 0. The first kappa shape index (κ1) is 20.3. The number of carbonyl (C=O) groups is 1. The maximum atomic E-state index is 12.4. The van der Waals surface area contributed by atoms with Crippen LogP contribution < -0.4 is 10.6 Å². The molecule has 0 bridgehead atoms. The molecule has 1 amide bonds. The van der Waals surface area contributed by atoms with Gasteiger partial charge in [-0.05, 0) is 57.8 Å². The summed E-state index contributed by atoms with van der Waals surface area (Å²) in [6, 6.07) is 4.41. The van der Waals surface area contributed by atoms with Crippen LogP contribution >= 0.6 is 12.4 Å². The van der Waals surface area contributed by atoms with Gasteiger partial charge in [0.1, 0.15) is 5.76 Å². The van der Waals surface area contributed by atoms with E-state index in [0.29, 0.717) is 6.04 Å². The first-order valence-corrected chi connectivity index (χ1v) is 9.55. The van der Waals surface area contributed by atoms with Gasteiger partial charge in [-0.15, -0.1) is 12.4 Å². The zero-order valence-electron chi connectivity index (χ0n) is 15.2. The lowest BCUT2D eigenvalue weighted by Gasteiger charge is -2.34. The van der Waals surface area contributed by atoms with Gasteiger partial charge < -0.3 is 15.1 Å². The number of piperidine rings is 1. The van der Waals surface area contributed by atoms with Crippen molar-refractivity contribution < 1.29 is 9.21 Å². The second-order valence-corrected chi connectivity index (χ2v) is 7.25. The molecule has 6 heteroatoms. The Morgan fingerprint density at radius 1 is 1.24 bits per heavy atom. The van der Waals surface area contributed by atoms with E-state index >= 15 is 0 Å². The number of amides is 1. The molecule has 2 heterocycles. The normalized spacial score (nSPS) is 21.5. The molecule has 2 unspecified atom stereocenters. The van der Waals surface area contributed by atoms with Crippen LogP contribution in [0.5, 0.6) is 0 Å². The fourth-order valence-corrected chi connectivity index (χ4v) is 3.90. The number of likely N-dealkylation sites (tertiary alicyclic amines) is 1. The van der Waals surface area contributed by atoms with E-state index in [1.807, 2.05) is 19.1 Å². The third-order valence-electron chi connectivity index (χ3n) is 5.42. The molecule has 1 aromatic heterocycles.